The molecule has 110 valence electrons. The Bertz CT molecular complexity index is 425. The van der Waals surface area contributed by atoms with Crippen molar-refractivity contribution < 1.29 is 19.9 Å². The van der Waals surface area contributed by atoms with Gasteiger partial charge in [0.2, 0.25) is 5.91 Å². The van der Waals surface area contributed by atoms with Gasteiger partial charge in [0.1, 0.15) is 5.75 Å². The molecule has 0 bridgehead atoms. The van der Waals surface area contributed by atoms with E-state index in [0.717, 1.165) is 12.0 Å². The van der Waals surface area contributed by atoms with Crippen LogP contribution in [0.4, 0.5) is 0 Å². The standard InChI is InChI=1S/C13H21BN2O4/c1-2-3-12(14(19)20)16-13(18)11(15)8-9-4-6-10(17)7-5-9/h4-7,11-12,17,19-20H,2-3,8,15H2,1H3,(H,16,18)/t11-,12-/m0/s1. The van der Waals surface area contributed by atoms with Crippen LogP contribution in [0.5, 0.6) is 5.75 Å². The first-order chi connectivity index (χ1) is 9.43. The fourth-order valence-electron chi connectivity index (χ4n) is 1.88. The molecule has 0 unspecified atom stereocenters. The minimum absolute atomic E-state index is 0.151. The van der Waals surface area contributed by atoms with Crippen LogP contribution >= 0.6 is 0 Å². The molecule has 0 aromatic heterocycles. The molecule has 1 rings (SSSR count). The summed E-state index contributed by atoms with van der Waals surface area (Å²) in [5.74, 6) is -0.985. The predicted molar refractivity (Wildman–Crippen MR) is 76.8 cm³/mol. The molecule has 1 aromatic rings. The number of nitrogens with two attached hydrogens (primary N) is 1. The number of amides is 1. The molecule has 6 nitrogen and oxygen atoms in total. The zero-order valence-electron chi connectivity index (χ0n) is 11.5. The number of benzene rings is 1. The molecular weight excluding hydrogens is 259 g/mol. The molecule has 0 aliphatic carbocycles. The molecule has 0 saturated carbocycles. The van der Waals surface area contributed by atoms with E-state index in [1.54, 1.807) is 12.1 Å². The number of aromatic hydroxyl groups is 1. The Labute approximate surface area is 118 Å². The third kappa shape index (κ3) is 5.20. The third-order valence-corrected chi connectivity index (χ3v) is 3.02. The molecule has 0 aliphatic rings. The number of nitrogens with one attached hydrogen (secondary N) is 1. The predicted octanol–water partition coefficient (Wildman–Crippen LogP) is -0.441. The summed E-state index contributed by atoms with van der Waals surface area (Å²) in [5.41, 5.74) is 6.62. The summed E-state index contributed by atoms with van der Waals surface area (Å²) < 4.78 is 0. The van der Waals surface area contributed by atoms with Crippen LogP contribution < -0.4 is 11.1 Å². The van der Waals surface area contributed by atoms with E-state index in [9.17, 15) is 9.90 Å². The Morgan fingerprint density at radius 3 is 2.45 bits per heavy atom. The number of phenols is 1. The summed E-state index contributed by atoms with van der Waals surface area (Å²) in [4.78, 5) is 11.9. The second-order valence-electron chi connectivity index (χ2n) is 4.79. The van der Waals surface area contributed by atoms with Crippen LogP contribution in [0.25, 0.3) is 0 Å². The van der Waals surface area contributed by atoms with Gasteiger partial charge in [0.25, 0.3) is 0 Å². The van der Waals surface area contributed by atoms with Gasteiger partial charge in [0, 0.05) is 0 Å². The molecule has 6 N–H and O–H groups in total. The van der Waals surface area contributed by atoms with Crippen LogP contribution in [0, 0.1) is 0 Å². The van der Waals surface area contributed by atoms with Crippen molar-refractivity contribution in [3.05, 3.63) is 29.8 Å². The average Bonchev–Trinajstić information content (AvgIpc) is 2.40. The topological polar surface area (TPSA) is 116 Å². The normalized spacial score (nSPS) is 13.6. The van der Waals surface area contributed by atoms with E-state index in [2.05, 4.69) is 5.32 Å². The SMILES string of the molecule is CCC[C@H](NC(=O)[C@@H](N)Cc1ccc(O)cc1)B(O)O. The fourth-order valence-corrected chi connectivity index (χ4v) is 1.88. The highest BCUT2D eigenvalue weighted by Crippen LogP contribution is 2.11. The van der Waals surface area contributed by atoms with E-state index in [4.69, 9.17) is 15.8 Å². The molecule has 0 aliphatic heterocycles. The minimum Gasteiger partial charge on any atom is -0.508 e. The zero-order valence-corrected chi connectivity index (χ0v) is 11.5. The summed E-state index contributed by atoms with van der Waals surface area (Å²) in [5, 5.41) is 30.0. The number of hydrogen-bond donors (Lipinski definition) is 5. The first-order valence-corrected chi connectivity index (χ1v) is 6.64. The van der Waals surface area contributed by atoms with Gasteiger partial charge in [0.15, 0.2) is 0 Å². The van der Waals surface area contributed by atoms with Crippen LogP contribution in [0.1, 0.15) is 25.3 Å². The van der Waals surface area contributed by atoms with Gasteiger partial charge < -0.3 is 26.2 Å². The number of carbonyl (C=O) groups is 1. The summed E-state index contributed by atoms with van der Waals surface area (Å²) in [7, 11) is -1.60. The lowest BCUT2D eigenvalue weighted by Crippen LogP contribution is -2.52. The average molecular weight is 280 g/mol. The van der Waals surface area contributed by atoms with E-state index in [1.807, 2.05) is 6.92 Å². The Morgan fingerprint density at radius 1 is 1.35 bits per heavy atom. The molecular formula is C13H21BN2O4. The molecule has 1 amide bonds. The van der Waals surface area contributed by atoms with Gasteiger partial charge >= 0.3 is 7.12 Å². The van der Waals surface area contributed by atoms with E-state index in [1.165, 1.54) is 12.1 Å². The van der Waals surface area contributed by atoms with E-state index in [0.29, 0.717) is 12.8 Å². The Hall–Kier alpha value is -1.57. The maximum absolute atomic E-state index is 11.9. The van der Waals surface area contributed by atoms with Gasteiger partial charge in [-0.25, -0.2) is 0 Å². The van der Waals surface area contributed by atoms with Crippen molar-refractivity contribution in [1.29, 1.82) is 0 Å². The van der Waals surface area contributed by atoms with Crippen LogP contribution in [0.2, 0.25) is 0 Å². The van der Waals surface area contributed by atoms with E-state index in [-0.39, 0.29) is 5.75 Å². The summed E-state index contributed by atoms with van der Waals surface area (Å²) in [6.45, 7) is 1.89. The highest BCUT2D eigenvalue weighted by Gasteiger charge is 2.26. The number of hydrogen-bond acceptors (Lipinski definition) is 5. The van der Waals surface area contributed by atoms with Crippen LogP contribution in [-0.4, -0.2) is 40.2 Å². The number of carbonyl (C=O) groups excluding carboxylic acids is 1. The summed E-state index contributed by atoms with van der Waals surface area (Å²) >= 11 is 0. The highest BCUT2D eigenvalue weighted by molar-refractivity contribution is 6.43. The first-order valence-electron chi connectivity index (χ1n) is 6.64. The van der Waals surface area contributed by atoms with Gasteiger partial charge in [0.05, 0.1) is 12.0 Å². The maximum atomic E-state index is 11.9. The fraction of sp³-hybridized carbons (Fsp3) is 0.462. The molecule has 0 saturated heterocycles. The molecule has 7 heteroatoms. The number of rotatable bonds is 7. The van der Waals surface area contributed by atoms with E-state index >= 15 is 0 Å². The van der Waals surface area contributed by atoms with Crippen molar-refractivity contribution in [2.45, 2.75) is 38.2 Å². The third-order valence-electron chi connectivity index (χ3n) is 3.02. The minimum atomic E-state index is -1.60. The van der Waals surface area contributed by atoms with Crippen molar-refractivity contribution >= 4 is 13.0 Å². The lowest BCUT2D eigenvalue weighted by atomic mass is 9.76. The molecule has 2 atom stereocenters. The Morgan fingerprint density at radius 2 is 1.95 bits per heavy atom. The van der Waals surface area contributed by atoms with Crippen LogP contribution in [-0.2, 0) is 11.2 Å². The summed E-state index contributed by atoms with van der Waals surface area (Å²) in [6, 6.07) is 5.65. The summed E-state index contributed by atoms with van der Waals surface area (Å²) in [6.07, 6.45) is 1.50. The maximum Gasteiger partial charge on any atom is 0.475 e. The lowest BCUT2D eigenvalue weighted by Gasteiger charge is -2.19. The van der Waals surface area contributed by atoms with Crippen molar-refractivity contribution in [3.8, 4) is 5.75 Å². The number of phenolic OH excluding ortho intramolecular Hbond substituents is 1. The molecule has 0 spiro atoms. The smallest absolute Gasteiger partial charge is 0.475 e. The lowest BCUT2D eigenvalue weighted by molar-refractivity contribution is -0.122. The van der Waals surface area contributed by atoms with Gasteiger partial charge in [-0.15, -0.1) is 0 Å². The van der Waals surface area contributed by atoms with Gasteiger partial charge in [-0.1, -0.05) is 25.5 Å². The second-order valence-corrected chi connectivity index (χ2v) is 4.79. The van der Waals surface area contributed by atoms with Crippen LogP contribution in [0.3, 0.4) is 0 Å². The zero-order chi connectivity index (χ0) is 15.1. The van der Waals surface area contributed by atoms with Crippen molar-refractivity contribution in [1.82, 2.24) is 5.32 Å². The van der Waals surface area contributed by atoms with Crippen molar-refractivity contribution in [2.75, 3.05) is 0 Å². The molecule has 20 heavy (non-hydrogen) atoms. The van der Waals surface area contributed by atoms with Gasteiger partial charge in [-0.2, -0.15) is 0 Å². The van der Waals surface area contributed by atoms with Gasteiger partial charge in [-0.05, 0) is 30.5 Å². The second kappa shape index (κ2) is 7.89. The van der Waals surface area contributed by atoms with Crippen LogP contribution in [0.15, 0.2) is 24.3 Å². The molecule has 0 radical (unpaired) electrons. The molecule has 1 aromatic carbocycles. The van der Waals surface area contributed by atoms with Gasteiger partial charge in [-0.3, -0.25) is 4.79 Å². The van der Waals surface area contributed by atoms with E-state index < -0.39 is 25.0 Å². The van der Waals surface area contributed by atoms with Crippen molar-refractivity contribution in [3.63, 3.8) is 0 Å². The Kier molecular flexibility index (Phi) is 6.50. The quantitative estimate of drug-likeness (QED) is 0.434. The largest absolute Gasteiger partial charge is 0.508 e. The molecule has 0 fully saturated rings. The Balaban J connectivity index is 2.55. The monoisotopic (exact) mass is 280 g/mol. The first kappa shape index (κ1) is 16.5. The molecule has 0 heterocycles. The highest BCUT2D eigenvalue weighted by atomic mass is 16.4. The van der Waals surface area contributed by atoms with Crippen molar-refractivity contribution in [2.24, 2.45) is 5.73 Å².